The number of nitrogens with one attached hydrogen (secondary N) is 3. The monoisotopic (exact) mass is 461 g/mol. The Kier molecular flexibility index (Phi) is 6.19. The Bertz CT molecular complexity index is 1300. The molecule has 2 heterocycles. The fraction of sp³-hybridized carbons (Fsp3) is 0.250. The summed E-state index contributed by atoms with van der Waals surface area (Å²) in [6.07, 6.45) is 0.845. The lowest BCUT2D eigenvalue weighted by Gasteiger charge is -2.16. The number of aromatic nitrogens is 2. The number of rotatable bonds is 6. The molecule has 174 valence electrons. The highest BCUT2D eigenvalue weighted by Crippen LogP contribution is 2.32. The van der Waals surface area contributed by atoms with Crippen molar-refractivity contribution in [1.82, 2.24) is 20.2 Å². The van der Waals surface area contributed by atoms with Crippen LogP contribution in [-0.4, -0.2) is 38.3 Å². The summed E-state index contributed by atoms with van der Waals surface area (Å²) in [5.74, 6) is -0.754. The second-order valence-corrected chi connectivity index (χ2v) is 8.00. The number of nitrogens with two attached hydrogens (primary N) is 1. The van der Waals surface area contributed by atoms with E-state index in [9.17, 15) is 14.3 Å². The number of nitrogens with zero attached hydrogens (tertiary/aromatic N) is 3. The Morgan fingerprint density at radius 2 is 2.18 bits per heavy atom. The van der Waals surface area contributed by atoms with Gasteiger partial charge in [-0.2, -0.15) is 5.26 Å². The smallest absolute Gasteiger partial charge is 0.318 e. The molecule has 2 aromatic carbocycles. The third kappa shape index (κ3) is 4.28. The zero-order valence-corrected chi connectivity index (χ0v) is 18.6. The lowest BCUT2D eigenvalue weighted by atomic mass is 9.95. The van der Waals surface area contributed by atoms with Crippen molar-refractivity contribution in [3.8, 4) is 22.9 Å². The van der Waals surface area contributed by atoms with Gasteiger partial charge in [-0.3, -0.25) is 5.41 Å². The first-order valence-corrected chi connectivity index (χ1v) is 10.8. The van der Waals surface area contributed by atoms with Crippen molar-refractivity contribution >= 4 is 17.4 Å². The average Bonchev–Trinajstić information content (AvgIpc) is 3.40. The number of anilines is 1. The number of aromatic hydroxyl groups is 1. The third-order valence-electron chi connectivity index (χ3n) is 5.78. The van der Waals surface area contributed by atoms with Crippen LogP contribution in [0.15, 0.2) is 30.3 Å². The molecule has 0 unspecified atom stereocenters. The van der Waals surface area contributed by atoms with E-state index < -0.39 is 11.6 Å². The number of phenols is 1. The molecule has 0 atom stereocenters. The quantitative estimate of drug-likeness (QED) is 0.216. The number of amides is 2. The Hall–Kier alpha value is -4.39. The van der Waals surface area contributed by atoms with Gasteiger partial charge in [-0.05, 0) is 41.3 Å². The standard InChI is InChI=1S/C24H24FN7O2/c1-2-13-9-21(33)17(25)10-16(13)14-4-5-15(18(27)8-14)22(28)23-30-19-11-32(12-20(19)31-23)24(34)29-7-3-6-26/h4-5,8-10,28,33H,2-3,7,11-12,27H2,1H3,(H,29,34)(H,30,31). The number of imidazole rings is 1. The van der Waals surface area contributed by atoms with Crippen molar-refractivity contribution in [2.45, 2.75) is 32.9 Å². The van der Waals surface area contributed by atoms with Crippen LogP contribution in [0.4, 0.5) is 14.9 Å². The SMILES string of the molecule is CCc1cc(O)c(F)cc1-c1ccc(C(=N)c2nc3c([nH]2)CN(C(=O)NCCC#N)C3)c(N)c1. The summed E-state index contributed by atoms with van der Waals surface area (Å²) in [5.41, 5.74) is 10.7. The first-order chi connectivity index (χ1) is 16.3. The molecule has 0 bridgehead atoms. The molecule has 10 heteroatoms. The predicted molar refractivity (Wildman–Crippen MR) is 125 cm³/mol. The second kappa shape index (κ2) is 9.23. The van der Waals surface area contributed by atoms with Crippen LogP contribution in [-0.2, 0) is 19.5 Å². The number of fused-ring (bicyclic) bond motifs is 1. The van der Waals surface area contributed by atoms with Crippen molar-refractivity contribution in [2.75, 3.05) is 12.3 Å². The van der Waals surface area contributed by atoms with Crippen molar-refractivity contribution in [2.24, 2.45) is 0 Å². The topological polar surface area (TPSA) is 155 Å². The minimum Gasteiger partial charge on any atom is -0.505 e. The summed E-state index contributed by atoms with van der Waals surface area (Å²) in [4.78, 5) is 21.3. The third-order valence-corrected chi connectivity index (χ3v) is 5.78. The molecule has 34 heavy (non-hydrogen) atoms. The fourth-order valence-corrected chi connectivity index (χ4v) is 3.99. The lowest BCUT2D eigenvalue weighted by Crippen LogP contribution is -2.37. The van der Waals surface area contributed by atoms with Gasteiger partial charge in [-0.25, -0.2) is 14.2 Å². The molecule has 0 aliphatic carbocycles. The molecule has 4 rings (SSSR count). The number of hydrogen-bond acceptors (Lipinski definition) is 6. The van der Waals surface area contributed by atoms with Crippen molar-refractivity contribution in [1.29, 1.82) is 10.7 Å². The number of H-pyrrole nitrogens is 1. The van der Waals surface area contributed by atoms with Crippen LogP contribution in [0, 0.1) is 22.6 Å². The van der Waals surface area contributed by atoms with Gasteiger partial charge in [0.2, 0.25) is 0 Å². The van der Waals surface area contributed by atoms with Gasteiger partial charge in [0, 0.05) is 17.8 Å². The number of nitrogen functional groups attached to an aromatic ring is 1. The number of carbonyl (C=O) groups is 1. The van der Waals surface area contributed by atoms with Gasteiger partial charge in [0.15, 0.2) is 17.4 Å². The van der Waals surface area contributed by atoms with Crippen molar-refractivity contribution in [3.63, 3.8) is 0 Å². The molecule has 1 aliphatic heterocycles. The van der Waals surface area contributed by atoms with Gasteiger partial charge in [0.1, 0.15) is 5.71 Å². The van der Waals surface area contributed by atoms with Crippen LogP contribution in [0.3, 0.4) is 0 Å². The highest BCUT2D eigenvalue weighted by molar-refractivity contribution is 6.12. The maximum Gasteiger partial charge on any atom is 0.318 e. The number of urea groups is 1. The molecule has 6 N–H and O–H groups in total. The van der Waals surface area contributed by atoms with E-state index in [2.05, 4.69) is 15.3 Å². The molecular weight excluding hydrogens is 437 g/mol. The number of phenolic OH excluding ortho intramolecular Hbond substituents is 1. The van der Waals surface area contributed by atoms with Gasteiger partial charge in [0.25, 0.3) is 0 Å². The van der Waals surface area contributed by atoms with E-state index in [0.29, 0.717) is 53.4 Å². The van der Waals surface area contributed by atoms with E-state index in [-0.39, 0.29) is 24.7 Å². The number of hydrogen-bond donors (Lipinski definition) is 5. The van der Waals surface area contributed by atoms with Gasteiger partial charge in [-0.1, -0.05) is 19.1 Å². The largest absolute Gasteiger partial charge is 0.505 e. The highest BCUT2D eigenvalue weighted by Gasteiger charge is 2.28. The molecule has 0 saturated carbocycles. The lowest BCUT2D eigenvalue weighted by molar-refractivity contribution is 0.198. The highest BCUT2D eigenvalue weighted by atomic mass is 19.1. The summed E-state index contributed by atoms with van der Waals surface area (Å²) in [7, 11) is 0. The van der Waals surface area contributed by atoms with Crippen molar-refractivity contribution < 1.29 is 14.3 Å². The average molecular weight is 462 g/mol. The molecule has 0 spiro atoms. The second-order valence-electron chi connectivity index (χ2n) is 8.00. The number of carbonyl (C=O) groups excluding carboxylic acids is 1. The van der Waals surface area contributed by atoms with Crippen LogP contribution in [0.5, 0.6) is 5.75 Å². The molecule has 1 aliphatic rings. The van der Waals surface area contributed by atoms with Crippen LogP contribution in [0.1, 0.15) is 41.7 Å². The summed E-state index contributed by atoms with van der Waals surface area (Å²) in [6.45, 7) is 2.83. The summed E-state index contributed by atoms with van der Waals surface area (Å²) >= 11 is 0. The normalized spacial score (nSPS) is 12.3. The summed E-state index contributed by atoms with van der Waals surface area (Å²) < 4.78 is 14.0. The van der Waals surface area contributed by atoms with Crippen LogP contribution in [0.2, 0.25) is 0 Å². The molecule has 9 nitrogen and oxygen atoms in total. The Labute approximate surface area is 195 Å². The van der Waals surface area contributed by atoms with E-state index in [1.165, 1.54) is 12.1 Å². The van der Waals surface area contributed by atoms with Gasteiger partial charge in [0.05, 0.1) is 37.0 Å². The molecule has 1 aromatic heterocycles. The van der Waals surface area contributed by atoms with E-state index in [1.807, 2.05) is 13.0 Å². The Morgan fingerprint density at radius 1 is 1.38 bits per heavy atom. The molecule has 0 radical (unpaired) electrons. The van der Waals surface area contributed by atoms with Gasteiger partial charge >= 0.3 is 6.03 Å². The molecule has 0 fully saturated rings. The number of benzene rings is 2. The first kappa shape index (κ1) is 22.8. The molecule has 3 aromatic rings. The van der Waals surface area contributed by atoms with E-state index in [1.54, 1.807) is 23.1 Å². The van der Waals surface area contributed by atoms with Crippen molar-refractivity contribution in [3.05, 3.63) is 64.5 Å². The van der Waals surface area contributed by atoms with E-state index >= 15 is 0 Å². The van der Waals surface area contributed by atoms with E-state index in [4.69, 9.17) is 16.4 Å². The van der Waals surface area contributed by atoms with Crippen LogP contribution in [0.25, 0.3) is 11.1 Å². The Balaban J connectivity index is 1.52. The summed E-state index contributed by atoms with van der Waals surface area (Å²) in [5, 5.41) is 29.5. The first-order valence-electron chi connectivity index (χ1n) is 10.8. The molecule has 2 amide bonds. The zero-order chi connectivity index (χ0) is 24.4. The maximum atomic E-state index is 14.0. The molecule has 0 saturated heterocycles. The summed E-state index contributed by atoms with van der Waals surface area (Å²) in [6, 6.07) is 9.54. The zero-order valence-electron chi connectivity index (χ0n) is 18.6. The van der Waals surface area contributed by atoms with Gasteiger partial charge in [-0.15, -0.1) is 0 Å². The number of aromatic amines is 1. The predicted octanol–water partition coefficient (Wildman–Crippen LogP) is 3.42. The number of halogens is 1. The number of nitriles is 1. The van der Waals surface area contributed by atoms with Gasteiger partial charge < -0.3 is 26.0 Å². The van der Waals surface area contributed by atoms with Crippen LogP contribution < -0.4 is 11.1 Å². The van der Waals surface area contributed by atoms with E-state index in [0.717, 1.165) is 11.3 Å². The minimum absolute atomic E-state index is 0.107. The maximum absolute atomic E-state index is 14.0. The molecular formula is C24H24FN7O2. The number of aryl methyl sites for hydroxylation is 1. The van der Waals surface area contributed by atoms with Crippen LogP contribution >= 0.6 is 0 Å². The fourth-order valence-electron chi connectivity index (χ4n) is 3.99. The Morgan fingerprint density at radius 3 is 2.85 bits per heavy atom. The minimum atomic E-state index is -0.708.